The van der Waals surface area contributed by atoms with Crippen LogP contribution in [0, 0.1) is 5.82 Å². The van der Waals surface area contributed by atoms with Crippen LogP contribution in [0.3, 0.4) is 0 Å². The van der Waals surface area contributed by atoms with Crippen molar-refractivity contribution in [1.29, 1.82) is 0 Å². The highest BCUT2D eigenvalue weighted by molar-refractivity contribution is 6.01. The number of ketones is 1. The van der Waals surface area contributed by atoms with Gasteiger partial charge in [0.05, 0.1) is 30.6 Å². The zero-order chi connectivity index (χ0) is 24.4. The predicted octanol–water partition coefficient (Wildman–Crippen LogP) is 6.60. The predicted molar refractivity (Wildman–Crippen MR) is 136 cm³/mol. The average molecular weight is 473 g/mol. The molecule has 35 heavy (non-hydrogen) atoms. The molecule has 0 saturated carbocycles. The Labute approximate surface area is 205 Å². The molecule has 2 aliphatic rings. The Morgan fingerprint density at radius 3 is 2.29 bits per heavy atom. The van der Waals surface area contributed by atoms with Crippen molar-refractivity contribution >= 4 is 17.2 Å². The number of carbonyl (C=O) groups excluding carboxylic acids is 1. The van der Waals surface area contributed by atoms with E-state index in [1.807, 2.05) is 56.3 Å². The number of rotatable bonds is 6. The minimum atomic E-state index is -0.349. The van der Waals surface area contributed by atoms with Crippen molar-refractivity contribution in [3.63, 3.8) is 0 Å². The monoisotopic (exact) mass is 472 g/mol. The van der Waals surface area contributed by atoms with Crippen LogP contribution in [0.25, 0.3) is 0 Å². The lowest BCUT2D eigenvalue weighted by Gasteiger charge is -2.30. The summed E-state index contributed by atoms with van der Waals surface area (Å²) in [5, 5.41) is 7.14. The van der Waals surface area contributed by atoms with E-state index in [1.54, 1.807) is 12.1 Å². The van der Waals surface area contributed by atoms with E-state index in [4.69, 9.17) is 9.47 Å². The van der Waals surface area contributed by atoms with E-state index in [0.29, 0.717) is 37.6 Å². The van der Waals surface area contributed by atoms with Crippen LogP contribution in [0.5, 0.6) is 11.5 Å². The fourth-order valence-corrected chi connectivity index (χ4v) is 4.96. The summed E-state index contributed by atoms with van der Waals surface area (Å²) in [4.78, 5) is 13.7. The first-order valence-electron chi connectivity index (χ1n) is 12.1. The number of carbonyl (C=O) groups is 1. The van der Waals surface area contributed by atoms with Gasteiger partial charge in [-0.3, -0.25) is 4.79 Å². The molecular weight excluding hydrogens is 443 g/mol. The molecule has 0 fully saturated rings. The fraction of sp³-hybridized carbons (Fsp3) is 0.276. The van der Waals surface area contributed by atoms with Gasteiger partial charge < -0.3 is 20.1 Å². The molecule has 0 spiro atoms. The number of ether oxygens (including phenoxy) is 2. The summed E-state index contributed by atoms with van der Waals surface area (Å²) in [5.74, 6) is 1.13. The van der Waals surface area contributed by atoms with E-state index >= 15 is 0 Å². The molecule has 6 heteroatoms. The van der Waals surface area contributed by atoms with E-state index in [0.717, 1.165) is 33.8 Å². The van der Waals surface area contributed by atoms with Crippen LogP contribution in [0.1, 0.15) is 49.8 Å². The van der Waals surface area contributed by atoms with Crippen LogP contribution in [-0.2, 0) is 4.79 Å². The van der Waals surface area contributed by atoms with Crippen molar-refractivity contribution in [1.82, 2.24) is 0 Å². The first-order chi connectivity index (χ1) is 17.1. The number of Topliss-reactive ketones (excluding diaryl/α,β-unsaturated/α-hetero) is 1. The lowest BCUT2D eigenvalue weighted by atomic mass is 9.78. The molecular formula is C29H29FN2O3. The van der Waals surface area contributed by atoms with E-state index in [9.17, 15) is 9.18 Å². The first kappa shape index (κ1) is 23.0. The van der Waals surface area contributed by atoms with Gasteiger partial charge in [-0.05, 0) is 73.7 Å². The third-order valence-corrected chi connectivity index (χ3v) is 6.55. The highest BCUT2D eigenvalue weighted by Crippen LogP contribution is 2.45. The SMILES string of the molecule is CCOc1ccc(C2Nc3ccccc3NC3=C2C(=O)CC(c2ccc(F)cc2)C3)cc1OCC. The second-order valence-electron chi connectivity index (χ2n) is 8.79. The minimum Gasteiger partial charge on any atom is -0.490 e. The Kier molecular flexibility index (Phi) is 6.45. The third-order valence-electron chi connectivity index (χ3n) is 6.55. The lowest BCUT2D eigenvalue weighted by Crippen LogP contribution is -2.27. The van der Waals surface area contributed by atoms with Gasteiger partial charge in [0.25, 0.3) is 0 Å². The summed E-state index contributed by atoms with van der Waals surface area (Å²) in [6, 6.07) is 19.9. The highest BCUT2D eigenvalue weighted by atomic mass is 19.1. The molecule has 0 aromatic heterocycles. The number of halogens is 1. The van der Waals surface area contributed by atoms with Gasteiger partial charge in [-0.2, -0.15) is 0 Å². The molecule has 0 saturated heterocycles. The van der Waals surface area contributed by atoms with Gasteiger partial charge in [0, 0.05) is 17.7 Å². The molecule has 180 valence electrons. The van der Waals surface area contributed by atoms with Crippen LogP contribution < -0.4 is 20.1 Å². The average Bonchev–Trinajstić information content (AvgIpc) is 3.03. The zero-order valence-corrected chi connectivity index (χ0v) is 19.9. The van der Waals surface area contributed by atoms with E-state index in [1.165, 1.54) is 12.1 Å². The molecule has 0 radical (unpaired) electrons. The third kappa shape index (κ3) is 4.61. The van der Waals surface area contributed by atoms with Crippen molar-refractivity contribution < 1.29 is 18.7 Å². The van der Waals surface area contributed by atoms with Gasteiger partial charge in [-0.25, -0.2) is 4.39 Å². The first-order valence-corrected chi connectivity index (χ1v) is 12.1. The second kappa shape index (κ2) is 9.82. The lowest BCUT2D eigenvalue weighted by molar-refractivity contribution is -0.116. The molecule has 1 aliphatic heterocycles. The van der Waals surface area contributed by atoms with Gasteiger partial charge in [-0.1, -0.05) is 30.3 Å². The van der Waals surface area contributed by atoms with Crippen molar-refractivity contribution in [2.45, 2.75) is 38.6 Å². The van der Waals surface area contributed by atoms with Crippen molar-refractivity contribution in [3.05, 3.63) is 94.9 Å². The Balaban J connectivity index is 1.59. The topological polar surface area (TPSA) is 59.6 Å². The number of nitrogens with one attached hydrogen (secondary N) is 2. The molecule has 2 atom stereocenters. The molecule has 5 rings (SSSR count). The summed E-state index contributed by atoms with van der Waals surface area (Å²) < 4.78 is 25.1. The van der Waals surface area contributed by atoms with Gasteiger partial charge in [-0.15, -0.1) is 0 Å². The van der Waals surface area contributed by atoms with E-state index in [-0.39, 0.29) is 23.6 Å². The molecule has 3 aromatic rings. The van der Waals surface area contributed by atoms with Crippen LogP contribution in [0.2, 0.25) is 0 Å². The largest absolute Gasteiger partial charge is 0.490 e. The normalized spacial score (nSPS) is 19.1. The maximum absolute atomic E-state index is 13.7. The van der Waals surface area contributed by atoms with Crippen LogP contribution >= 0.6 is 0 Å². The molecule has 2 unspecified atom stereocenters. The van der Waals surface area contributed by atoms with Crippen molar-refractivity contribution in [3.8, 4) is 11.5 Å². The molecule has 1 heterocycles. The Bertz CT molecular complexity index is 1270. The van der Waals surface area contributed by atoms with Crippen molar-refractivity contribution in [2.24, 2.45) is 0 Å². The van der Waals surface area contributed by atoms with Gasteiger partial charge in [0.15, 0.2) is 17.3 Å². The van der Waals surface area contributed by atoms with Crippen LogP contribution in [0.4, 0.5) is 15.8 Å². The smallest absolute Gasteiger partial charge is 0.163 e. The highest BCUT2D eigenvalue weighted by Gasteiger charge is 2.36. The molecule has 3 aromatic carbocycles. The zero-order valence-electron chi connectivity index (χ0n) is 19.9. The molecule has 1 aliphatic carbocycles. The number of allylic oxidation sites excluding steroid dienone is 1. The van der Waals surface area contributed by atoms with E-state index < -0.39 is 0 Å². The van der Waals surface area contributed by atoms with Gasteiger partial charge >= 0.3 is 0 Å². The Hall–Kier alpha value is -3.80. The van der Waals surface area contributed by atoms with Gasteiger partial charge in [0.2, 0.25) is 0 Å². The number of hydrogen-bond acceptors (Lipinski definition) is 5. The second-order valence-corrected chi connectivity index (χ2v) is 8.79. The fourth-order valence-electron chi connectivity index (χ4n) is 4.96. The van der Waals surface area contributed by atoms with Crippen LogP contribution in [0.15, 0.2) is 78.0 Å². The number of hydrogen-bond donors (Lipinski definition) is 2. The summed E-state index contributed by atoms with van der Waals surface area (Å²) >= 11 is 0. The molecule has 0 amide bonds. The number of benzene rings is 3. The van der Waals surface area contributed by atoms with Crippen molar-refractivity contribution in [2.75, 3.05) is 23.8 Å². The quantitative estimate of drug-likeness (QED) is 0.423. The standard InChI is InChI=1S/C29H29FN2O3/c1-3-34-26-14-11-19(17-27(26)35-4-2)29-28-24(31-22-7-5-6-8-23(22)32-29)15-20(16-25(28)33)18-9-12-21(30)13-10-18/h5-14,17,20,29,31-32H,3-4,15-16H2,1-2H3. The number of para-hydroxylation sites is 2. The summed E-state index contributed by atoms with van der Waals surface area (Å²) in [7, 11) is 0. The maximum atomic E-state index is 13.7. The summed E-state index contributed by atoms with van der Waals surface area (Å²) in [6.07, 6.45) is 1.03. The maximum Gasteiger partial charge on any atom is 0.163 e. The molecule has 0 bridgehead atoms. The minimum absolute atomic E-state index is 0.0143. The molecule has 5 nitrogen and oxygen atoms in total. The summed E-state index contributed by atoms with van der Waals surface area (Å²) in [5.41, 5.74) is 5.36. The Morgan fingerprint density at radius 2 is 1.54 bits per heavy atom. The number of fused-ring (bicyclic) bond motifs is 1. The Morgan fingerprint density at radius 1 is 0.857 bits per heavy atom. The van der Waals surface area contributed by atoms with Crippen LogP contribution in [-0.4, -0.2) is 19.0 Å². The van der Waals surface area contributed by atoms with E-state index in [2.05, 4.69) is 10.6 Å². The molecule has 2 N–H and O–H groups in total. The number of anilines is 2. The summed E-state index contributed by atoms with van der Waals surface area (Å²) in [6.45, 7) is 4.93. The van der Waals surface area contributed by atoms with Gasteiger partial charge in [0.1, 0.15) is 5.82 Å².